The molecule has 0 rings (SSSR count). The van der Waals surface area contributed by atoms with Crippen molar-refractivity contribution in [2.45, 2.75) is 45.3 Å². The van der Waals surface area contributed by atoms with Crippen molar-refractivity contribution in [2.75, 3.05) is 32.3 Å². The molecule has 0 bridgehead atoms. The SMILES string of the molecule is CCCC(OC)OCCCOCCCCBr. The number of unbranched alkanes of at least 4 members (excludes halogenated alkanes) is 1. The third kappa shape index (κ3) is 10.9. The van der Waals surface area contributed by atoms with Crippen LogP contribution in [0.2, 0.25) is 0 Å². The minimum atomic E-state index is -0.0432. The van der Waals surface area contributed by atoms with Gasteiger partial charge in [0.1, 0.15) is 0 Å². The highest BCUT2D eigenvalue weighted by molar-refractivity contribution is 9.09. The van der Waals surface area contributed by atoms with E-state index in [1.807, 2.05) is 0 Å². The predicted molar refractivity (Wildman–Crippen MR) is 70.1 cm³/mol. The van der Waals surface area contributed by atoms with E-state index in [4.69, 9.17) is 14.2 Å². The summed E-state index contributed by atoms with van der Waals surface area (Å²) in [7, 11) is 1.69. The molecule has 1 atom stereocenters. The van der Waals surface area contributed by atoms with E-state index in [9.17, 15) is 0 Å². The third-order valence-electron chi connectivity index (χ3n) is 2.20. The summed E-state index contributed by atoms with van der Waals surface area (Å²) < 4.78 is 16.2. The summed E-state index contributed by atoms with van der Waals surface area (Å²) in [5, 5.41) is 1.06. The molecule has 4 heteroatoms. The first-order valence-electron chi connectivity index (χ1n) is 6.13. The first-order valence-corrected chi connectivity index (χ1v) is 7.25. The summed E-state index contributed by atoms with van der Waals surface area (Å²) in [4.78, 5) is 0. The Morgan fingerprint density at radius 1 is 1.06 bits per heavy atom. The van der Waals surface area contributed by atoms with E-state index in [1.165, 1.54) is 6.42 Å². The summed E-state index contributed by atoms with van der Waals surface area (Å²) in [6.07, 6.45) is 5.25. The molecule has 0 heterocycles. The Labute approximate surface area is 108 Å². The van der Waals surface area contributed by atoms with Gasteiger partial charge >= 0.3 is 0 Å². The van der Waals surface area contributed by atoms with E-state index in [-0.39, 0.29) is 6.29 Å². The Hall–Kier alpha value is 0.360. The minimum Gasteiger partial charge on any atom is -0.381 e. The number of alkyl halides is 1. The van der Waals surface area contributed by atoms with Crippen LogP contribution in [0.25, 0.3) is 0 Å². The molecular formula is C12H25BrO3. The molecule has 0 radical (unpaired) electrons. The summed E-state index contributed by atoms with van der Waals surface area (Å²) in [5.41, 5.74) is 0. The normalized spacial score (nSPS) is 12.9. The number of halogens is 1. The van der Waals surface area contributed by atoms with Crippen LogP contribution in [0, 0.1) is 0 Å². The molecule has 0 aliphatic rings. The van der Waals surface area contributed by atoms with Crippen molar-refractivity contribution < 1.29 is 14.2 Å². The molecule has 0 saturated heterocycles. The van der Waals surface area contributed by atoms with Gasteiger partial charge < -0.3 is 14.2 Å². The third-order valence-corrected chi connectivity index (χ3v) is 2.76. The van der Waals surface area contributed by atoms with Gasteiger partial charge in [0, 0.05) is 25.7 Å². The van der Waals surface area contributed by atoms with Gasteiger partial charge in [-0.15, -0.1) is 0 Å². The van der Waals surface area contributed by atoms with Crippen molar-refractivity contribution in [1.82, 2.24) is 0 Å². The van der Waals surface area contributed by atoms with Gasteiger partial charge in [-0.3, -0.25) is 0 Å². The summed E-state index contributed by atoms with van der Waals surface area (Å²) in [5.74, 6) is 0. The molecule has 3 nitrogen and oxygen atoms in total. The molecule has 0 amide bonds. The average molecular weight is 297 g/mol. The van der Waals surface area contributed by atoms with Crippen molar-refractivity contribution in [1.29, 1.82) is 0 Å². The van der Waals surface area contributed by atoms with Crippen LogP contribution in [-0.4, -0.2) is 38.6 Å². The molecule has 0 spiro atoms. The highest BCUT2D eigenvalue weighted by atomic mass is 79.9. The van der Waals surface area contributed by atoms with E-state index < -0.39 is 0 Å². The second kappa shape index (κ2) is 13.4. The van der Waals surface area contributed by atoms with E-state index in [0.717, 1.165) is 50.8 Å². The van der Waals surface area contributed by atoms with Gasteiger partial charge in [0.15, 0.2) is 6.29 Å². The van der Waals surface area contributed by atoms with Gasteiger partial charge in [0.2, 0.25) is 0 Å². The smallest absolute Gasteiger partial charge is 0.157 e. The van der Waals surface area contributed by atoms with Gasteiger partial charge in [-0.25, -0.2) is 0 Å². The minimum absolute atomic E-state index is 0.0432. The number of hydrogen-bond donors (Lipinski definition) is 0. The van der Waals surface area contributed by atoms with Crippen LogP contribution in [0.1, 0.15) is 39.0 Å². The number of methoxy groups -OCH3 is 1. The zero-order chi connectivity index (χ0) is 12.1. The maximum Gasteiger partial charge on any atom is 0.157 e. The molecule has 98 valence electrons. The number of ether oxygens (including phenoxy) is 3. The Morgan fingerprint density at radius 3 is 2.44 bits per heavy atom. The lowest BCUT2D eigenvalue weighted by Crippen LogP contribution is -2.16. The van der Waals surface area contributed by atoms with Crippen molar-refractivity contribution >= 4 is 15.9 Å². The fourth-order valence-electron chi connectivity index (χ4n) is 1.28. The Morgan fingerprint density at radius 2 is 1.81 bits per heavy atom. The molecule has 0 saturated carbocycles. The molecule has 0 aromatic rings. The largest absolute Gasteiger partial charge is 0.381 e. The van der Waals surface area contributed by atoms with Gasteiger partial charge in [-0.1, -0.05) is 29.3 Å². The summed E-state index contributed by atoms with van der Waals surface area (Å²) in [6, 6.07) is 0. The predicted octanol–water partition coefficient (Wildman–Crippen LogP) is 3.36. The van der Waals surface area contributed by atoms with Crippen LogP contribution in [-0.2, 0) is 14.2 Å². The van der Waals surface area contributed by atoms with E-state index in [2.05, 4.69) is 22.9 Å². The number of hydrogen-bond acceptors (Lipinski definition) is 3. The Kier molecular flexibility index (Phi) is 13.7. The molecule has 0 aromatic heterocycles. The fraction of sp³-hybridized carbons (Fsp3) is 1.00. The summed E-state index contributed by atoms with van der Waals surface area (Å²) in [6.45, 7) is 4.48. The second-order valence-electron chi connectivity index (χ2n) is 3.69. The molecule has 0 aliphatic carbocycles. The average Bonchev–Trinajstić information content (AvgIpc) is 2.31. The van der Waals surface area contributed by atoms with Crippen molar-refractivity contribution in [3.05, 3.63) is 0 Å². The second-order valence-corrected chi connectivity index (χ2v) is 4.48. The number of rotatable bonds is 12. The van der Waals surface area contributed by atoms with E-state index in [1.54, 1.807) is 7.11 Å². The lowest BCUT2D eigenvalue weighted by atomic mass is 10.3. The fourth-order valence-corrected chi connectivity index (χ4v) is 1.68. The zero-order valence-electron chi connectivity index (χ0n) is 10.5. The van der Waals surface area contributed by atoms with Gasteiger partial charge in [-0.2, -0.15) is 0 Å². The van der Waals surface area contributed by atoms with Crippen molar-refractivity contribution in [3.63, 3.8) is 0 Å². The van der Waals surface area contributed by atoms with Crippen LogP contribution in [0.5, 0.6) is 0 Å². The maximum absolute atomic E-state index is 5.55. The Bertz CT molecular complexity index is 133. The Balaban J connectivity index is 3.12. The molecule has 0 aliphatic heterocycles. The van der Waals surface area contributed by atoms with E-state index >= 15 is 0 Å². The molecule has 0 aromatic carbocycles. The highest BCUT2D eigenvalue weighted by Gasteiger charge is 2.04. The summed E-state index contributed by atoms with van der Waals surface area (Å²) >= 11 is 3.39. The van der Waals surface area contributed by atoms with Crippen molar-refractivity contribution in [3.8, 4) is 0 Å². The molecule has 1 unspecified atom stereocenters. The van der Waals surface area contributed by atoms with Gasteiger partial charge in [0.25, 0.3) is 0 Å². The zero-order valence-corrected chi connectivity index (χ0v) is 12.1. The van der Waals surface area contributed by atoms with Crippen molar-refractivity contribution in [2.24, 2.45) is 0 Å². The lowest BCUT2D eigenvalue weighted by molar-refractivity contribution is -0.130. The quantitative estimate of drug-likeness (QED) is 0.314. The monoisotopic (exact) mass is 296 g/mol. The lowest BCUT2D eigenvalue weighted by Gasteiger charge is -2.15. The topological polar surface area (TPSA) is 27.7 Å². The van der Waals surface area contributed by atoms with Crippen LogP contribution in [0.3, 0.4) is 0 Å². The molecule has 16 heavy (non-hydrogen) atoms. The molecule has 0 fully saturated rings. The first-order chi connectivity index (χ1) is 7.85. The van der Waals surface area contributed by atoms with Gasteiger partial charge in [-0.05, 0) is 25.7 Å². The van der Waals surface area contributed by atoms with Gasteiger partial charge in [0.05, 0.1) is 6.61 Å². The van der Waals surface area contributed by atoms with Crippen LogP contribution >= 0.6 is 15.9 Å². The highest BCUT2D eigenvalue weighted by Crippen LogP contribution is 2.03. The van der Waals surface area contributed by atoms with Crippen LogP contribution in [0.15, 0.2) is 0 Å². The standard InChI is InChI=1S/C12H25BrO3/c1-3-7-12(14-2)16-11-6-10-15-9-5-4-8-13/h12H,3-11H2,1-2H3. The van der Waals surface area contributed by atoms with Crippen LogP contribution in [0.4, 0.5) is 0 Å². The van der Waals surface area contributed by atoms with Crippen LogP contribution < -0.4 is 0 Å². The molecule has 0 N–H and O–H groups in total. The first kappa shape index (κ1) is 16.4. The maximum atomic E-state index is 5.55. The molecular weight excluding hydrogens is 272 g/mol. The van der Waals surface area contributed by atoms with E-state index in [0.29, 0.717) is 0 Å².